The third-order valence-corrected chi connectivity index (χ3v) is 5.70. The van der Waals surface area contributed by atoms with E-state index in [-0.39, 0.29) is 0 Å². The van der Waals surface area contributed by atoms with Gasteiger partial charge in [0, 0.05) is 55.4 Å². The van der Waals surface area contributed by atoms with Gasteiger partial charge in [0.05, 0.1) is 0 Å². The molecule has 138 valence electrons. The van der Waals surface area contributed by atoms with Gasteiger partial charge in [-0.1, -0.05) is 12.8 Å². The van der Waals surface area contributed by atoms with Crippen LogP contribution in [0.4, 0.5) is 5.82 Å². The number of likely N-dealkylation sites (tertiary alicyclic amines) is 1. The number of nitrogens with one attached hydrogen (secondary N) is 1. The molecule has 3 heterocycles. The van der Waals surface area contributed by atoms with Crippen molar-refractivity contribution < 1.29 is 0 Å². The molecule has 5 nitrogen and oxygen atoms in total. The summed E-state index contributed by atoms with van der Waals surface area (Å²) in [5, 5.41) is 3.65. The van der Waals surface area contributed by atoms with E-state index in [0.717, 1.165) is 28.8 Å². The molecule has 2 aromatic heterocycles. The maximum absolute atomic E-state index is 4.72. The van der Waals surface area contributed by atoms with Crippen molar-refractivity contribution in [2.24, 2.45) is 5.92 Å². The van der Waals surface area contributed by atoms with Crippen molar-refractivity contribution in [2.75, 3.05) is 25.0 Å². The molecular formula is C21H29N5. The predicted octanol–water partition coefficient (Wildman–Crippen LogP) is 3.91. The van der Waals surface area contributed by atoms with E-state index < -0.39 is 0 Å². The molecule has 0 aromatic carbocycles. The fraction of sp³-hybridized carbons (Fsp3) is 0.571. The molecule has 26 heavy (non-hydrogen) atoms. The molecule has 0 unspecified atom stereocenters. The van der Waals surface area contributed by atoms with Gasteiger partial charge < -0.3 is 10.2 Å². The van der Waals surface area contributed by atoms with Crippen molar-refractivity contribution in [2.45, 2.75) is 51.5 Å². The topological polar surface area (TPSA) is 53.9 Å². The van der Waals surface area contributed by atoms with E-state index in [0.29, 0.717) is 6.04 Å². The van der Waals surface area contributed by atoms with Gasteiger partial charge in [-0.2, -0.15) is 0 Å². The number of aromatic nitrogens is 3. The zero-order valence-corrected chi connectivity index (χ0v) is 15.7. The molecule has 4 rings (SSSR count). The number of nitrogens with zero attached hydrogens (tertiary/aromatic N) is 4. The number of hydrogen-bond donors (Lipinski definition) is 1. The van der Waals surface area contributed by atoms with Crippen LogP contribution in [-0.2, 0) is 0 Å². The van der Waals surface area contributed by atoms with Gasteiger partial charge in [-0.25, -0.2) is 9.97 Å². The van der Waals surface area contributed by atoms with Crippen LogP contribution >= 0.6 is 0 Å². The first-order chi connectivity index (χ1) is 12.8. The van der Waals surface area contributed by atoms with E-state index in [9.17, 15) is 0 Å². The molecule has 0 spiro atoms. The Morgan fingerprint density at radius 3 is 2.65 bits per heavy atom. The van der Waals surface area contributed by atoms with Crippen LogP contribution in [0.5, 0.6) is 0 Å². The fourth-order valence-electron chi connectivity index (χ4n) is 4.29. The van der Waals surface area contributed by atoms with Gasteiger partial charge in [0.15, 0.2) is 5.82 Å². The summed E-state index contributed by atoms with van der Waals surface area (Å²) in [6.45, 7) is 5.74. The highest BCUT2D eigenvalue weighted by Crippen LogP contribution is 2.27. The molecule has 1 aliphatic heterocycles. The minimum Gasteiger partial charge on any atom is -0.367 e. The van der Waals surface area contributed by atoms with Crippen molar-refractivity contribution in [1.82, 2.24) is 19.9 Å². The van der Waals surface area contributed by atoms with Crippen molar-refractivity contribution in [3.63, 3.8) is 0 Å². The van der Waals surface area contributed by atoms with Crippen LogP contribution in [0, 0.1) is 12.8 Å². The second-order valence-corrected chi connectivity index (χ2v) is 7.83. The SMILES string of the molecule is Cc1cc(NC2CCN(CC3CCCC3)CC2)nc(-c2cccnc2)n1. The number of pyridine rings is 1. The molecular weight excluding hydrogens is 322 g/mol. The molecule has 0 amide bonds. The summed E-state index contributed by atoms with van der Waals surface area (Å²) in [7, 11) is 0. The third kappa shape index (κ3) is 4.39. The summed E-state index contributed by atoms with van der Waals surface area (Å²) in [5.41, 5.74) is 1.95. The Labute approximate surface area is 156 Å². The van der Waals surface area contributed by atoms with E-state index in [2.05, 4.69) is 20.2 Å². The standard InChI is InChI=1S/C21H29N5/c1-16-13-20(25-21(23-16)18-7-4-10-22-14-18)24-19-8-11-26(12-9-19)15-17-5-2-3-6-17/h4,7,10,13-14,17,19H,2-3,5-6,8-9,11-12,15H2,1H3,(H,23,24,25). The Hall–Kier alpha value is -2.01. The lowest BCUT2D eigenvalue weighted by Crippen LogP contribution is -2.41. The summed E-state index contributed by atoms with van der Waals surface area (Å²) >= 11 is 0. The highest BCUT2D eigenvalue weighted by molar-refractivity contribution is 5.56. The molecule has 2 aromatic rings. The van der Waals surface area contributed by atoms with Crippen LogP contribution in [-0.4, -0.2) is 45.5 Å². The number of rotatable bonds is 5. The van der Waals surface area contributed by atoms with Crippen LogP contribution in [0.15, 0.2) is 30.6 Å². The molecule has 0 radical (unpaired) electrons. The second kappa shape index (κ2) is 8.12. The first-order valence-corrected chi connectivity index (χ1v) is 10.0. The molecule has 1 saturated heterocycles. The Morgan fingerprint density at radius 2 is 1.92 bits per heavy atom. The van der Waals surface area contributed by atoms with Crippen molar-refractivity contribution in [3.05, 3.63) is 36.3 Å². The zero-order valence-electron chi connectivity index (χ0n) is 15.7. The van der Waals surface area contributed by atoms with Gasteiger partial charge in [-0.05, 0) is 50.7 Å². The summed E-state index contributed by atoms with van der Waals surface area (Å²) in [6, 6.07) is 6.48. The van der Waals surface area contributed by atoms with Gasteiger partial charge in [0.1, 0.15) is 5.82 Å². The summed E-state index contributed by atoms with van der Waals surface area (Å²) in [6.07, 6.45) is 11.7. The first kappa shape index (κ1) is 17.4. The number of hydrogen-bond acceptors (Lipinski definition) is 5. The normalized spacial score (nSPS) is 19.7. The Kier molecular flexibility index (Phi) is 5.44. The smallest absolute Gasteiger partial charge is 0.163 e. The van der Waals surface area contributed by atoms with Gasteiger partial charge in [-0.15, -0.1) is 0 Å². The predicted molar refractivity (Wildman–Crippen MR) is 105 cm³/mol. The van der Waals surface area contributed by atoms with Gasteiger partial charge in [0.25, 0.3) is 0 Å². The lowest BCUT2D eigenvalue weighted by atomic mass is 10.0. The lowest BCUT2D eigenvalue weighted by molar-refractivity contribution is 0.189. The molecule has 0 bridgehead atoms. The minimum atomic E-state index is 0.505. The van der Waals surface area contributed by atoms with Crippen molar-refractivity contribution in [1.29, 1.82) is 0 Å². The van der Waals surface area contributed by atoms with Crippen LogP contribution in [0.2, 0.25) is 0 Å². The molecule has 2 aliphatic rings. The highest BCUT2D eigenvalue weighted by atomic mass is 15.2. The average Bonchev–Trinajstić information content (AvgIpc) is 3.17. The third-order valence-electron chi connectivity index (χ3n) is 5.70. The van der Waals surface area contributed by atoms with Gasteiger partial charge >= 0.3 is 0 Å². The van der Waals surface area contributed by atoms with E-state index in [1.165, 1.54) is 58.2 Å². The number of anilines is 1. The maximum Gasteiger partial charge on any atom is 0.163 e. The Morgan fingerprint density at radius 1 is 1.12 bits per heavy atom. The molecule has 1 N–H and O–H groups in total. The quantitative estimate of drug-likeness (QED) is 0.885. The van der Waals surface area contributed by atoms with Crippen molar-refractivity contribution in [3.8, 4) is 11.4 Å². The van der Waals surface area contributed by atoms with Crippen molar-refractivity contribution >= 4 is 5.82 Å². The number of piperidine rings is 1. The molecule has 5 heteroatoms. The van der Waals surface area contributed by atoms with Gasteiger partial charge in [0.2, 0.25) is 0 Å². The first-order valence-electron chi connectivity index (χ1n) is 10.0. The summed E-state index contributed by atoms with van der Waals surface area (Å²) in [5.74, 6) is 2.64. The number of aryl methyl sites for hydroxylation is 1. The zero-order chi connectivity index (χ0) is 17.8. The average molecular weight is 351 g/mol. The van der Waals surface area contributed by atoms with Crippen LogP contribution in [0.1, 0.15) is 44.2 Å². The van der Waals surface area contributed by atoms with Crippen LogP contribution in [0.25, 0.3) is 11.4 Å². The molecule has 0 atom stereocenters. The lowest BCUT2D eigenvalue weighted by Gasteiger charge is -2.34. The Balaban J connectivity index is 1.35. The fourth-order valence-corrected chi connectivity index (χ4v) is 4.29. The van der Waals surface area contributed by atoms with E-state index >= 15 is 0 Å². The molecule has 1 saturated carbocycles. The van der Waals surface area contributed by atoms with E-state index in [4.69, 9.17) is 4.98 Å². The minimum absolute atomic E-state index is 0.505. The van der Waals surface area contributed by atoms with E-state index in [1.54, 1.807) is 6.20 Å². The highest BCUT2D eigenvalue weighted by Gasteiger charge is 2.23. The van der Waals surface area contributed by atoms with Crippen LogP contribution in [0.3, 0.4) is 0 Å². The van der Waals surface area contributed by atoms with Gasteiger partial charge in [-0.3, -0.25) is 4.98 Å². The largest absolute Gasteiger partial charge is 0.367 e. The second-order valence-electron chi connectivity index (χ2n) is 7.83. The maximum atomic E-state index is 4.72. The monoisotopic (exact) mass is 351 g/mol. The van der Waals surface area contributed by atoms with E-state index in [1.807, 2.05) is 31.3 Å². The summed E-state index contributed by atoms with van der Waals surface area (Å²) in [4.78, 5) is 16.1. The molecule has 2 fully saturated rings. The van der Waals surface area contributed by atoms with Crippen LogP contribution < -0.4 is 5.32 Å². The molecule has 1 aliphatic carbocycles. The Bertz CT molecular complexity index is 704. The summed E-state index contributed by atoms with van der Waals surface area (Å²) < 4.78 is 0.